The minimum atomic E-state index is -0.436. The Morgan fingerprint density at radius 2 is 1.69 bits per heavy atom. The van der Waals surface area contributed by atoms with Crippen molar-refractivity contribution in [2.24, 2.45) is 5.10 Å². The summed E-state index contributed by atoms with van der Waals surface area (Å²) in [6.45, 7) is 0. The van der Waals surface area contributed by atoms with Gasteiger partial charge in [-0.1, -0.05) is 18.2 Å². The van der Waals surface area contributed by atoms with Gasteiger partial charge in [0.25, 0.3) is 11.8 Å². The zero-order valence-corrected chi connectivity index (χ0v) is 15.6. The van der Waals surface area contributed by atoms with Gasteiger partial charge in [0.1, 0.15) is 11.6 Å². The highest BCUT2D eigenvalue weighted by molar-refractivity contribution is 6.05. The van der Waals surface area contributed by atoms with Crippen LogP contribution in [0.5, 0.6) is 5.75 Å². The summed E-state index contributed by atoms with van der Waals surface area (Å²) in [6, 6.07) is 18.8. The number of anilines is 1. The number of hydrogen-bond acceptors (Lipinski definition) is 4. The molecule has 0 aromatic heterocycles. The lowest BCUT2D eigenvalue weighted by Gasteiger charge is -2.07. The lowest BCUT2D eigenvalue weighted by atomic mass is 10.1. The van der Waals surface area contributed by atoms with E-state index in [1.807, 2.05) is 12.1 Å². The molecular weight excluding hydrogens is 373 g/mol. The molecule has 0 unspecified atom stereocenters. The number of benzene rings is 3. The first-order valence-electron chi connectivity index (χ1n) is 8.70. The molecule has 0 saturated heterocycles. The Morgan fingerprint density at radius 1 is 0.931 bits per heavy atom. The van der Waals surface area contributed by atoms with E-state index in [1.165, 1.54) is 36.5 Å². The van der Waals surface area contributed by atoms with Gasteiger partial charge < -0.3 is 10.1 Å². The third-order valence-corrected chi connectivity index (χ3v) is 4.00. The molecule has 0 aliphatic carbocycles. The SMILES string of the molecule is COc1ccccc1/C=N\NC(=O)c1cccc(NC(=O)c2ccc(F)cc2)c1. The predicted molar refractivity (Wildman–Crippen MR) is 109 cm³/mol. The third-order valence-electron chi connectivity index (χ3n) is 4.00. The van der Waals surface area contributed by atoms with Gasteiger partial charge in [-0.2, -0.15) is 5.10 Å². The molecule has 29 heavy (non-hydrogen) atoms. The van der Waals surface area contributed by atoms with Crippen LogP contribution in [-0.2, 0) is 0 Å². The molecule has 0 aliphatic heterocycles. The van der Waals surface area contributed by atoms with Gasteiger partial charge in [0.15, 0.2) is 0 Å². The number of carbonyl (C=O) groups excluding carboxylic acids is 2. The first-order valence-corrected chi connectivity index (χ1v) is 8.70. The topological polar surface area (TPSA) is 79.8 Å². The fourth-order valence-corrected chi connectivity index (χ4v) is 2.54. The number of amides is 2. The maximum atomic E-state index is 13.0. The summed E-state index contributed by atoms with van der Waals surface area (Å²) in [5.74, 6) is -0.629. The lowest BCUT2D eigenvalue weighted by Crippen LogP contribution is -2.18. The maximum absolute atomic E-state index is 13.0. The van der Waals surface area contributed by atoms with Crippen molar-refractivity contribution in [2.45, 2.75) is 0 Å². The van der Waals surface area contributed by atoms with Crippen LogP contribution in [0.1, 0.15) is 26.3 Å². The van der Waals surface area contributed by atoms with Gasteiger partial charge >= 0.3 is 0 Å². The number of hydrazone groups is 1. The Kier molecular flexibility index (Phi) is 6.32. The van der Waals surface area contributed by atoms with E-state index in [0.717, 1.165) is 5.56 Å². The molecule has 0 fully saturated rings. The zero-order valence-electron chi connectivity index (χ0n) is 15.6. The standard InChI is InChI=1S/C22H18FN3O3/c1-29-20-8-3-2-5-17(20)14-24-26-22(28)16-6-4-7-19(13-16)25-21(27)15-9-11-18(23)12-10-15/h2-14H,1H3,(H,25,27)(H,26,28)/b24-14-. The number of halogens is 1. The average Bonchev–Trinajstić information content (AvgIpc) is 2.74. The molecule has 0 heterocycles. The van der Waals surface area contributed by atoms with Crippen LogP contribution in [-0.4, -0.2) is 25.1 Å². The van der Waals surface area contributed by atoms with E-state index >= 15 is 0 Å². The predicted octanol–water partition coefficient (Wildman–Crippen LogP) is 3.85. The van der Waals surface area contributed by atoms with Crippen LogP contribution in [0.3, 0.4) is 0 Å². The summed E-state index contributed by atoms with van der Waals surface area (Å²) in [5, 5.41) is 6.62. The van der Waals surface area contributed by atoms with Crippen LogP contribution < -0.4 is 15.5 Å². The molecule has 0 aliphatic rings. The molecule has 3 aromatic rings. The molecule has 0 radical (unpaired) electrons. The van der Waals surface area contributed by atoms with Crippen molar-refractivity contribution in [3.8, 4) is 5.75 Å². The Labute approximate surface area is 167 Å². The van der Waals surface area contributed by atoms with Crippen LogP contribution in [0.25, 0.3) is 0 Å². The van der Waals surface area contributed by atoms with E-state index in [9.17, 15) is 14.0 Å². The van der Waals surface area contributed by atoms with Gasteiger partial charge in [-0.15, -0.1) is 0 Å². The highest BCUT2D eigenvalue weighted by Crippen LogP contribution is 2.15. The zero-order chi connectivity index (χ0) is 20.6. The maximum Gasteiger partial charge on any atom is 0.271 e. The van der Waals surface area contributed by atoms with Crippen molar-refractivity contribution in [1.82, 2.24) is 5.43 Å². The number of ether oxygens (including phenoxy) is 1. The van der Waals surface area contributed by atoms with Crippen LogP contribution in [0.2, 0.25) is 0 Å². The second kappa shape index (κ2) is 9.27. The van der Waals surface area contributed by atoms with Crippen molar-refractivity contribution >= 4 is 23.7 Å². The minimum absolute atomic E-state index is 0.308. The summed E-state index contributed by atoms with van der Waals surface area (Å²) in [5.41, 5.74) is 4.21. The number of methoxy groups -OCH3 is 1. The molecule has 2 amide bonds. The quantitative estimate of drug-likeness (QED) is 0.495. The molecule has 3 rings (SSSR count). The second-order valence-electron chi connectivity index (χ2n) is 5.98. The lowest BCUT2D eigenvalue weighted by molar-refractivity contribution is 0.0953. The molecule has 7 heteroatoms. The van der Waals surface area contributed by atoms with Crippen LogP contribution >= 0.6 is 0 Å². The number of carbonyl (C=O) groups is 2. The summed E-state index contributed by atoms with van der Waals surface area (Å²) < 4.78 is 18.2. The van der Waals surface area contributed by atoms with Crippen LogP contribution in [0, 0.1) is 5.82 Å². The van der Waals surface area contributed by atoms with Gasteiger partial charge in [0.2, 0.25) is 0 Å². The number of nitrogens with one attached hydrogen (secondary N) is 2. The number of hydrogen-bond donors (Lipinski definition) is 2. The highest BCUT2D eigenvalue weighted by atomic mass is 19.1. The van der Waals surface area contributed by atoms with Crippen molar-refractivity contribution in [3.05, 3.63) is 95.3 Å². The van der Waals surface area contributed by atoms with Crippen molar-refractivity contribution in [3.63, 3.8) is 0 Å². The van der Waals surface area contributed by atoms with Gasteiger partial charge in [-0.3, -0.25) is 9.59 Å². The summed E-state index contributed by atoms with van der Waals surface area (Å²) >= 11 is 0. The molecular formula is C22H18FN3O3. The highest BCUT2D eigenvalue weighted by Gasteiger charge is 2.09. The minimum Gasteiger partial charge on any atom is -0.496 e. The van der Waals surface area contributed by atoms with E-state index in [0.29, 0.717) is 22.6 Å². The van der Waals surface area contributed by atoms with Gasteiger partial charge in [0.05, 0.1) is 13.3 Å². The Bertz CT molecular complexity index is 1050. The molecule has 0 saturated carbocycles. The third kappa shape index (κ3) is 5.26. The van der Waals surface area contributed by atoms with Crippen molar-refractivity contribution < 1.29 is 18.7 Å². The van der Waals surface area contributed by atoms with Gasteiger partial charge in [-0.25, -0.2) is 9.82 Å². The Morgan fingerprint density at radius 3 is 2.45 bits per heavy atom. The summed E-state index contributed by atoms with van der Waals surface area (Å²) in [6.07, 6.45) is 1.48. The summed E-state index contributed by atoms with van der Waals surface area (Å²) in [4.78, 5) is 24.6. The average molecular weight is 391 g/mol. The number of para-hydroxylation sites is 1. The van der Waals surface area contributed by atoms with Gasteiger partial charge in [-0.05, 0) is 54.6 Å². The fraction of sp³-hybridized carbons (Fsp3) is 0.0455. The molecule has 0 spiro atoms. The first kappa shape index (κ1) is 19.8. The largest absolute Gasteiger partial charge is 0.496 e. The second-order valence-corrected chi connectivity index (χ2v) is 5.98. The monoisotopic (exact) mass is 391 g/mol. The normalized spacial score (nSPS) is 10.6. The fourth-order valence-electron chi connectivity index (χ4n) is 2.54. The van der Waals surface area contributed by atoms with E-state index in [-0.39, 0.29) is 0 Å². The number of nitrogens with zero attached hydrogens (tertiary/aromatic N) is 1. The Balaban J connectivity index is 1.65. The van der Waals surface area contributed by atoms with E-state index in [4.69, 9.17) is 4.74 Å². The van der Waals surface area contributed by atoms with Crippen molar-refractivity contribution in [2.75, 3.05) is 12.4 Å². The summed E-state index contributed by atoms with van der Waals surface area (Å²) in [7, 11) is 1.55. The van der Waals surface area contributed by atoms with E-state index < -0.39 is 17.6 Å². The molecule has 3 aromatic carbocycles. The van der Waals surface area contributed by atoms with Gasteiger partial charge in [0, 0.05) is 22.4 Å². The van der Waals surface area contributed by atoms with E-state index in [2.05, 4.69) is 15.8 Å². The molecule has 146 valence electrons. The molecule has 0 atom stereocenters. The molecule has 0 bridgehead atoms. The van der Waals surface area contributed by atoms with Crippen LogP contribution in [0.4, 0.5) is 10.1 Å². The molecule has 6 nitrogen and oxygen atoms in total. The Hall–Kier alpha value is -4.00. The molecule has 2 N–H and O–H groups in total. The number of rotatable bonds is 6. The van der Waals surface area contributed by atoms with Crippen LogP contribution in [0.15, 0.2) is 77.9 Å². The first-order chi connectivity index (χ1) is 14.1. The van der Waals surface area contributed by atoms with Crippen molar-refractivity contribution in [1.29, 1.82) is 0 Å². The smallest absolute Gasteiger partial charge is 0.271 e. The van der Waals surface area contributed by atoms with E-state index in [1.54, 1.807) is 37.4 Å².